The lowest BCUT2D eigenvalue weighted by Crippen LogP contribution is -2.44. The molecule has 204 valence electrons. The van der Waals surface area contributed by atoms with Crippen LogP contribution < -0.4 is 5.73 Å². The van der Waals surface area contributed by atoms with E-state index < -0.39 is 54.1 Å². The minimum atomic E-state index is -5.75. The summed E-state index contributed by atoms with van der Waals surface area (Å²) in [7, 11) is -16.8. The van der Waals surface area contributed by atoms with Crippen LogP contribution in [0, 0.1) is 0 Å². The lowest BCUT2D eigenvalue weighted by Gasteiger charge is -2.26. The molecule has 3 aromatic heterocycles. The molecule has 37 heavy (non-hydrogen) atoms. The normalized spacial score (nSPS) is 27.8. The third-order valence-electron chi connectivity index (χ3n) is 5.07. The number of nitrogens with zero attached hydrogens (tertiary/aromatic N) is 5. The highest BCUT2D eigenvalue weighted by molar-refractivity contribution is 7.66. The van der Waals surface area contributed by atoms with Crippen molar-refractivity contribution >= 4 is 40.3 Å². The van der Waals surface area contributed by atoms with Crippen LogP contribution in [0.15, 0.2) is 18.6 Å². The molecule has 9 N–H and O–H groups in total. The van der Waals surface area contributed by atoms with Gasteiger partial charge in [0.05, 0.1) is 17.7 Å². The smallest absolute Gasteiger partial charge is 0.387 e. The van der Waals surface area contributed by atoms with Crippen LogP contribution in [-0.2, 0) is 31.6 Å². The number of nitrogens with one attached hydrogen (secondary N) is 1. The van der Waals surface area contributed by atoms with E-state index in [4.69, 9.17) is 20.3 Å². The summed E-state index contributed by atoms with van der Waals surface area (Å²) < 4.78 is 52.8. The number of phosphoric acid groups is 3. The average molecular weight is 587 g/mol. The molecule has 0 saturated carbocycles. The molecule has 3 aromatic rings. The molecule has 0 spiro atoms. The Labute approximate surface area is 205 Å². The zero-order valence-corrected chi connectivity index (χ0v) is 21.1. The number of aliphatic hydroxyl groups excluding tert-OH is 1. The van der Waals surface area contributed by atoms with Gasteiger partial charge >= 0.3 is 23.5 Å². The lowest BCUT2D eigenvalue weighted by molar-refractivity contribution is -0.1000. The second-order valence-corrected chi connectivity index (χ2v) is 12.2. The van der Waals surface area contributed by atoms with Gasteiger partial charge in [0.25, 0.3) is 0 Å². The molecule has 0 radical (unpaired) electrons. The molecule has 6 atom stereocenters. The van der Waals surface area contributed by atoms with Gasteiger partial charge in [0.1, 0.15) is 35.6 Å². The Bertz CT molecular complexity index is 1440. The van der Waals surface area contributed by atoms with Gasteiger partial charge in [0.15, 0.2) is 11.9 Å². The van der Waals surface area contributed by atoms with E-state index >= 15 is 0 Å². The fourth-order valence-corrected chi connectivity index (χ4v) is 6.57. The van der Waals surface area contributed by atoms with Crippen LogP contribution in [0.25, 0.3) is 22.4 Å². The van der Waals surface area contributed by atoms with Gasteiger partial charge in [-0.2, -0.15) is 18.8 Å². The summed E-state index contributed by atoms with van der Waals surface area (Å²) in [6.45, 7) is 0.155. The second-order valence-electron chi connectivity index (χ2n) is 7.81. The maximum absolute atomic E-state index is 12.0. The summed E-state index contributed by atoms with van der Waals surface area (Å²) in [5, 5.41) is 32.8. The largest absolute Gasteiger partial charge is 0.490 e. The van der Waals surface area contributed by atoms with Gasteiger partial charge in [-0.05, 0) is 13.0 Å². The molecule has 0 aromatic carbocycles. The van der Waals surface area contributed by atoms with Crippen LogP contribution in [0.2, 0.25) is 0 Å². The summed E-state index contributed by atoms with van der Waals surface area (Å²) in [6, 6.07) is 1.58. The van der Waals surface area contributed by atoms with E-state index in [1.807, 2.05) is 0 Å². The van der Waals surface area contributed by atoms with Gasteiger partial charge in [-0.25, -0.2) is 28.3 Å². The summed E-state index contributed by atoms with van der Waals surface area (Å²) in [4.78, 5) is 44.1. The van der Waals surface area contributed by atoms with E-state index in [1.165, 1.54) is 13.1 Å². The van der Waals surface area contributed by atoms with Gasteiger partial charge in [0.2, 0.25) is 0 Å². The molecule has 3 unspecified atom stereocenters. The first-order valence-corrected chi connectivity index (χ1v) is 14.4. The number of hydrogen-bond acceptors (Lipinski definition) is 14. The number of aromatic nitrogens is 6. The van der Waals surface area contributed by atoms with Gasteiger partial charge < -0.3 is 40.3 Å². The van der Waals surface area contributed by atoms with Crippen LogP contribution in [0.3, 0.4) is 0 Å². The molecule has 0 aliphatic carbocycles. The lowest BCUT2D eigenvalue weighted by atomic mass is 9.97. The van der Waals surface area contributed by atoms with E-state index in [0.717, 1.165) is 11.0 Å². The van der Waals surface area contributed by atoms with Crippen LogP contribution in [0.1, 0.15) is 13.2 Å². The maximum atomic E-state index is 12.0. The predicted molar refractivity (Wildman–Crippen MR) is 118 cm³/mol. The van der Waals surface area contributed by atoms with Crippen molar-refractivity contribution < 1.29 is 61.4 Å². The molecule has 1 aliphatic heterocycles. The van der Waals surface area contributed by atoms with Gasteiger partial charge in [-0.15, -0.1) is 0 Å². The van der Waals surface area contributed by atoms with E-state index in [1.54, 1.807) is 6.07 Å². The van der Waals surface area contributed by atoms with E-state index in [9.17, 15) is 33.7 Å². The number of aliphatic hydroxyl groups is 2. The van der Waals surface area contributed by atoms with Crippen LogP contribution in [0.4, 0.5) is 5.82 Å². The molecule has 4 rings (SSSR count). The van der Waals surface area contributed by atoms with Crippen molar-refractivity contribution in [3.63, 3.8) is 0 Å². The van der Waals surface area contributed by atoms with Crippen LogP contribution in [0.5, 0.6) is 0 Å². The van der Waals surface area contributed by atoms with Gasteiger partial charge in [0, 0.05) is 6.20 Å². The number of aromatic amines is 1. The molecule has 4 heterocycles. The van der Waals surface area contributed by atoms with Crippen molar-refractivity contribution in [3.8, 4) is 11.4 Å². The number of rotatable bonds is 9. The second kappa shape index (κ2) is 9.55. The third kappa shape index (κ3) is 5.81. The zero-order valence-electron chi connectivity index (χ0n) is 18.4. The molecule has 20 nitrogen and oxygen atoms in total. The molecular formula is C14H20N7O13P3. The maximum Gasteiger partial charge on any atom is 0.490 e. The van der Waals surface area contributed by atoms with Crippen molar-refractivity contribution in [2.24, 2.45) is 0 Å². The summed E-state index contributed by atoms with van der Waals surface area (Å²) in [5.74, 6) is 0.0308. The van der Waals surface area contributed by atoms with Crippen molar-refractivity contribution in [3.05, 3.63) is 18.6 Å². The molecule has 0 bridgehead atoms. The summed E-state index contributed by atoms with van der Waals surface area (Å²) in [6.07, 6.45) is -2.26. The zero-order chi connectivity index (χ0) is 27.4. The molecule has 0 amide bonds. The Balaban J connectivity index is 1.59. The number of anilines is 1. The van der Waals surface area contributed by atoms with Crippen molar-refractivity contribution in [1.82, 2.24) is 29.9 Å². The van der Waals surface area contributed by atoms with E-state index in [-0.39, 0.29) is 22.5 Å². The Kier molecular flexibility index (Phi) is 7.19. The van der Waals surface area contributed by atoms with E-state index in [0.29, 0.717) is 5.69 Å². The number of H-pyrrole nitrogens is 1. The fourth-order valence-electron chi connectivity index (χ4n) is 3.54. The standard InChI is InChI=1S/C14H20N7O13P3/c1-14(23)10(22)7(4-31-36(27,28)34-37(29,30)33-35(24,25)26)32-13(14)21-12-8(11(15)16-5-17-12)9(20-21)6-2-3-18-19-6/h2-3,5,7,10,13,22-23H,4H2,1H3,(H,18,19)(H,27,28)(H,29,30)(H2,15,16,17)(H2,24,25,26)/t7-,10-,13?,14-/m1/s1. The van der Waals surface area contributed by atoms with Crippen LogP contribution in [-0.4, -0.2) is 84.1 Å². The fraction of sp³-hybridized carbons (Fsp3) is 0.429. The molecule has 1 fully saturated rings. The van der Waals surface area contributed by atoms with Gasteiger partial charge in [-0.3, -0.25) is 9.62 Å². The Morgan fingerprint density at radius 3 is 2.51 bits per heavy atom. The number of phosphoric ester groups is 1. The Morgan fingerprint density at radius 2 is 1.89 bits per heavy atom. The number of nitrogens with two attached hydrogens (primary N) is 1. The van der Waals surface area contributed by atoms with Crippen molar-refractivity contribution in [1.29, 1.82) is 0 Å². The first kappa shape index (κ1) is 27.9. The Morgan fingerprint density at radius 1 is 1.19 bits per heavy atom. The average Bonchev–Trinajstić information content (AvgIpc) is 3.43. The molecule has 1 saturated heterocycles. The minimum absolute atomic E-state index is 0.0308. The third-order valence-corrected chi connectivity index (χ3v) is 8.87. The topological polar surface area (TPSA) is 308 Å². The summed E-state index contributed by atoms with van der Waals surface area (Å²) in [5.41, 5.74) is 4.61. The number of fused-ring (bicyclic) bond motifs is 1. The quantitative estimate of drug-likeness (QED) is 0.141. The minimum Gasteiger partial charge on any atom is -0.387 e. The highest BCUT2D eigenvalue weighted by Crippen LogP contribution is 2.66. The molecular weight excluding hydrogens is 567 g/mol. The number of nitrogen functional groups attached to an aromatic ring is 1. The molecule has 1 aliphatic rings. The monoisotopic (exact) mass is 587 g/mol. The first-order chi connectivity index (χ1) is 17.0. The first-order valence-electron chi connectivity index (χ1n) is 9.83. The van der Waals surface area contributed by atoms with Gasteiger partial charge in [-0.1, -0.05) is 0 Å². The SMILES string of the molecule is C[C@]1(O)C(n2nc(-c3ccn[nH]3)c3c(N)ncnc32)O[C@H](COP(=O)(O)OP(=O)(O)OP(=O)(O)O)[C@H]1O. The van der Waals surface area contributed by atoms with Crippen molar-refractivity contribution in [2.45, 2.75) is 31.0 Å². The van der Waals surface area contributed by atoms with E-state index in [2.05, 4.69) is 38.4 Å². The highest BCUT2D eigenvalue weighted by Gasteiger charge is 2.55. The summed E-state index contributed by atoms with van der Waals surface area (Å²) >= 11 is 0. The highest BCUT2D eigenvalue weighted by atomic mass is 31.3. The van der Waals surface area contributed by atoms with Crippen molar-refractivity contribution in [2.75, 3.05) is 12.3 Å². The predicted octanol–water partition coefficient (Wildman–Crippen LogP) is -0.849. The Hall–Kier alpha value is -2.15. The number of ether oxygens (including phenoxy) is 1. The molecule has 23 heteroatoms. The number of hydrogen-bond donors (Lipinski definition) is 8. The van der Waals surface area contributed by atoms with Crippen LogP contribution >= 0.6 is 23.5 Å².